The molecule has 0 spiro atoms. The fraction of sp³-hybridized carbons (Fsp3) is 0.727. The van der Waals surface area contributed by atoms with E-state index in [0.29, 0.717) is 45.6 Å². The predicted molar refractivity (Wildman–Crippen MR) is 204 cm³/mol. The molecule has 7 fully saturated rings. The van der Waals surface area contributed by atoms with Crippen LogP contribution in [0.15, 0.2) is 34.1 Å². The van der Waals surface area contributed by atoms with Crippen molar-refractivity contribution < 1.29 is 25.6 Å². The van der Waals surface area contributed by atoms with Gasteiger partial charge in [-0.25, -0.2) is 0 Å². The van der Waals surface area contributed by atoms with Gasteiger partial charge in [-0.05, 0) is 170 Å². The Morgan fingerprint density at radius 3 is 1.31 bits per heavy atom. The second-order valence-electron chi connectivity index (χ2n) is 18.5. The molecule has 0 aromatic heterocycles. The summed E-state index contributed by atoms with van der Waals surface area (Å²) in [4.78, 5) is 0.489. The van der Waals surface area contributed by atoms with E-state index >= 15 is 8.42 Å². The minimum atomic E-state index is -4.55. The van der Waals surface area contributed by atoms with Gasteiger partial charge in [-0.1, -0.05) is 82.8 Å². The summed E-state index contributed by atoms with van der Waals surface area (Å²) in [5.74, 6) is 2.93. The highest BCUT2D eigenvalue weighted by Gasteiger charge is 2.46. The van der Waals surface area contributed by atoms with Crippen LogP contribution in [0.5, 0.6) is 5.75 Å². The van der Waals surface area contributed by atoms with Crippen molar-refractivity contribution in [3.63, 3.8) is 0 Å². The van der Waals surface area contributed by atoms with Crippen molar-refractivity contribution in [3.05, 3.63) is 52.1 Å². The monoisotopic (exact) mass is 748 g/mol. The van der Waals surface area contributed by atoms with Crippen molar-refractivity contribution in [1.82, 2.24) is 0 Å². The molecular weight excluding hydrogens is 689 g/mol. The van der Waals surface area contributed by atoms with Crippen molar-refractivity contribution in [2.45, 2.75) is 187 Å². The second kappa shape index (κ2) is 14.3. The maximum atomic E-state index is 15.2. The average molecular weight is 749 g/mol. The van der Waals surface area contributed by atoms with Crippen molar-refractivity contribution >= 4 is 20.2 Å². The normalized spacial score (nSPS) is 31.8. The summed E-state index contributed by atoms with van der Waals surface area (Å²) in [5.41, 5.74) is 4.52. The van der Waals surface area contributed by atoms with Gasteiger partial charge in [0.25, 0.3) is 10.1 Å². The van der Waals surface area contributed by atoms with Gasteiger partial charge in [0.2, 0.25) is 0 Å². The Morgan fingerprint density at radius 2 is 0.923 bits per heavy atom. The molecule has 2 aromatic carbocycles. The van der Waals surface area contributed by atoms with E-state index in [9.17, 15) is 13.0 Å². The molecule has 0 heterocycles. The summed E-state index contributed by atoms with van der Waals surface area (Å²) in [6.07, 6.45) is 25.4. The Bertz CT molecular complexity index is 1780. The maximum absolute atomic E-state index is 15.2. The van der Waals surface area contributed by atoms with Gasteiger partial charge >= 0.3 is 10.1 Å². The third-order valence-electron chi connectivity index (χ3n) is 15.4. The molecule has 284 valence electrons. The van der Waals surface area contributed by atoms with Crippen LogP contribution in [-0.2, 0) is 20.2 Å². The highest BCUT2D eigenvalue weighted by atomic mass is 32.2. The molecule has 4 bridgehead atoms. The number of fused-ring (bicyclic) bond motifs is 4. The molecule has 6 unspecified atom stereocenters. The molecule has 7 aliphatic rings. The molecule has 6 atom stereocenters. The molecule has 7 aliphatic carbocycles. The van der Waals surface area contributed by atoms with E-state index < -0.39 is 20.2 Å². The van der Waals surface area contributed by atoms with E-state index in [1.807, 2.05) is 0 Å². The number of hydrogen-bond acceptors (Lipinski definition) is 5. The van der Waals surface area contributed by atoms with Crippen molar-refractivity contribution in [2.75, 3.05) is 0 Å². The van der Waals surface area contributed by atoms with E-state index in [1.165, 1.54) is 50.5 Å². The van der Waals surface area contributed by atoms with Crippen LogP contribution >= 0.6 is 0 Å². The van der Waals surface area contributed by atoms with Gasteiger partial charge in [0, 0.05) is 0 Å². The van der Waals surface area contributed by atoms with Gasteiger partial charge in [-0.2, -0.15) is 16.8 Å². The van der Waals surface area contributed by atoms with Crippen molar-refractivity contribution in [2.24, 2.45) is 23.7 Å². The Balaban J connectivity index is 1.19. The summed E-state index contributed by atoms with van der Waals surface area (Å²) in [6, 6.07) is 8.02. The zero-order valence-corrected chi connectivity index (χ0v) is 32.7. The highest BCUT2D eigenvalue weighted by Crippen LogP contribution is 2.58. The topological polar surface area (TPSA) is 97.7 Å². The van der Waals surface area contributed by atoms with Crippen LogP contribution in [0.2, 0.25) is 0 Å². The number of rotatable bonds is 9. The molecule has 9 rings (SSSR count). The zero-order chi connectivity index (χ0) is 35.6. The fourth-order valence-corrected chi connectivity index (χ4v) is 15.5. The van der Waals surface area contributed by atoms with E-state index in [-0.39, 0.29) is 34.3 Å². The molecular formula is C44H60O6S2. The van der Waals surface area contributed by atoms with E-state index in [4.69, 9.17) is 4.18 Å². The zero-order valence-electron chi connectivity index (χ0n) is 31.1. The first-order valence-corrected chi connectivity index (χ1v) is 24.2. The summed E-state index contributed by atoms with van der Waals surface area (Å²) < 4.78 is 74.7. The fourth-order valence-electron chi connectivity index (χ4n) is 13.1. The van der Waals surface area contributed by atoms with Gasteiger partial charge in [0.15, 0.2) is 0 Å². The average Bonchev–Trinajstić information content (AvgIpc) is 3.98. The van der Waals surface area contributed by atoms with Gasteiger partial charge in [-0.15, -0.1) is 0 Å². The smallest absolute Gasteiger partial charge is 0.339 e. The van der Waals surface area contributed by atoms with Gasteiger partial charge < -0.3 is 4.18 Å². The SMILES string of the molecule is O=S(=O)(O)c1c(C2CC3CCC2C3)cc(OS(=O)(=O)c2c(C3CCCCC3)cc(C3CCCCC3)cc2C2CCCCC2)cc1C1CC2CCC1C2. The molecule has 6 nitrogen and oxygen atoms in total. The molecule has 1 N–H and O–H groups in total. The van der Waals surface area contributed by atoms with Crippen LogP contribution in [0.25, 0.3) is 0 Å². The molecule has 52 heavy (non-hydrogen) atoms. The molecule has 0 saturated heterocycles. The van der Waals surface area contributed by atoms with Crippen LogP contribution < -0.4 is 4.18 Å². The standard InChI is InChI=1S/C44H60O6S2/c45-51(46,47)43-41(37-22-28-16-18-33(37)20-28)26-36(27-42(43)38-23-29-17-19-34(38)21-29)50-52(48,49)44-39(31-12-6-2-7-13-31)24-35(30-10-4-1-5-11-30)25-40(44)32-14-8-3-9-15-32/h24-34,37-38H,1-23H2,(H,45,46,47). The number of hydrogen-bond donors (Lipinski definition) is 1. The second-order valence-corrected chi connectivity index (χ2v) is 21.4. The van der Waals surface area contributed by atoms with Crippen LogP contribution in [0.3, 0.4) is 0 Å². The third-order valence-corrected chi connectivity index (χ3v) is 17.8. The van der Waals surface area contributed by atoms with Gasteiger partial charge in [-0.3, -0.25) is 4.55 Å². The minimum absolute atomic E-state index is 0.00959. The number of benzene rings is 2. The van der Waals surface area contributed by atoms with Crippen molar-refractivity contribution in [3.8, 4) is 5.75 Å². The minimum Gasteiger partial charge on any atom is -0.379 e. The van der Waals surface area contributed by atoms with Crippen LogP contribution in [0.4, 0.5) is 0 Å². The molecule has 0 radical (unpaired) electrons. The van der Waals surface area contributed by atoms with Gasteiger partial charge in [0.1, 0.15) is 15.5 Å². The summed E-state index contributed by atoms with van der Waals surface area (Å²) >= 11 is 0. The Kier molecular flexibility index (Phi) is 9.85. The van der Waals surface area contributed by atoms with Crippen LogP contribution in [0.1, 0.15) is 205 Å². The molecule has 8 heteroatoms. The predicted octanol–water partition coefficient (Wildman–Crippen LogP) is 11.7. The third kappa shape index (κ3) is 6.82. The summed E-state index contributed by atoms with van der Waals surface area (Å²) in [6.45, 7) is 0. The van der Waals surface area contributed by atoms with E-state index in [2.05, 4.69) is 12.1 Å². The van der Waals surface area contributed by atoms with Crippen LogP contribution in [0, 0.1) is 23.7 Å². The molecule has 0 aliphatic heterocycles. The van der Waals surface area contributed by atoms with E-state index in [0.717, 1.165) is 114 Å². The lowest BCUT2D eigenvalue weighted by Gasteiger charge is -2.32. The Hall–Kier alpha value is -1.90. The Labute approximate surface area is 313 Å². The van der Waals surface area contributed by atoms with Gasteiger partial charge in [0.05, 0.1) is 0 Å². The lowest BCUT2D eigenvalue weighted by molar-refractivity contribution is 0.395. The Morgan fingerprint density at radius 1 is 0.481 bits per heavy atom. The first-order valence-electron chi connectivity index (χ1n) is 21.4. The van der Waals surface area contributed by atoms with E-state index in [1.54, 1.807) is 12.1 Å². The lowest BCUT2D eigenvalue weighted by Crippen LogP contribution is -2.22. The van der Waals surface area contributed by atoms with Crippen molar-refractivity contribution in [1.29, 1.82) is 0 Å². The highest BCUT2D eigenvalue weighted by molar-refractivity contribution is 7.87. The van der Waals surface area contributed by atoms with Crippen LogP contribution in [-0.4, -0.2) is 21.4 Å². The quantitative estimate of drug-likeness (QED) is 0.202. The molecule has 0 amide bonds. The maximum Gasteiger partial charge on any atom is 0.339 e. The molecule has 7 saturated carbocycles. The largest absolute Gasteiger partial charge is 0.379 e. The summed E-state index contributed by atoms with van der Waals surface area (Å²) in [7, 11) is -8.83. The molecule has 2 aromatic rings. The lowest BCUT2D eigenvalue weighted by atomic mass is 9.76. The summed E-state index contributed by atoms with van der Waals surface area (Å²) in [5, 5.41) is 0. The first kappa shape index (κ1) is 35.8. The first-order chi connectivity index (χ1) is 25.1.